The van der Waals surface area contributed by atoms with Gasteiger partial charge in [-0.1, -0.05) is 18.6 Å². The number of piperazine rings is 1. The van der Waals surface area contributed by atoms with E-state index in [1.54, 1.807) is 6.07 Å². The standard InChI is InChI=1S/C29H31F3N6O3/c30-29(31,32)23-8-10-25(33-18-23)37-14-16-38(17-15-37)28(40)41-26-11-9-24(19-34-26)35-27(39)22-6-4-21(5-7-22)20-36-12-2-1-3-13-36/h4-11,18-19H,1-3,12-17,20H2,(H,35,39). The van der Waals surface area contributed by atoms with E-state index in [-0.39, 0.29) is 11.8 Å². The van der Waals surface area contributed by atoms with Crippen LogP contribution in [0, 0.1) is 0 Å². The monoisotopic (exact) mass is 568 g/mol. The van der Waals surface area contributed by atoms with E-state index in [9.17, 15) is 22.8 Å². The average molecular weight is 569 g/mol. The van der Waals surface area contributed by atoms with Gasteiger partial charge >= 0.3 is 12.3 Å². The summed E-state index contributed by atoms with van der Waals surface area (Å²) in [6, 6.07) is 13.0. The first-order valence-corrected chi connectivity index (χ1v) is 13.6. The number of nitrogens with zero attached hydrogens (tertiary/aromatic N) is 5. The zero-order valence-corrected chi connectivity index (χ0v) is 22.4. The Labute approximate surface area is 235 Å². The van der Waals surface area contributed by atoms with Gasteiger partial charge < -0.3 is 19.9 Å². The Morgan fingerprint density at radius 2 is 1.56 bits per heavy atom. The van der Waals surface area contributed by atoms with E-state index in [0.717, 1.165) is 31.9 Å². The minimum Gasteiger partial charge on any atom is -0.391 e. The van der Waals surface area contributed by atoms with Gasteiger partial charge in [0.15, 0.2) is 0 Å². The maximum atomic E-state index is 12.8. The number of amides is 2. The van der Waals surface area contributed by atoms with Crippen molar-refractivity contribution in [3.05, 3.63) is 77.6 Å². The normalized spacial score (nSPS) is 16.4. The fourth-order valence-corrected chi connectivity index (χ4v) is 4.87. The highest BCUT2D eigenvalue weighted by Crippen LogP contribution is 2.29. The Morgan fingerprint density at radius 3 is 2.17 bits per heavy atom. The van der Waals surface area contributed by atoms with Crippen LogP contribution < -0.4 is 15.0 Å². The number of ether oxygens (including phenoxy) is 1. The number of anilines is 2. The lowest BCUT2D eigenvalue weighted by Crippen LogP contribution is -2.49. The molecule has 1 aromatic carbocycles. The topological polar surface area (TPSA) is 90.9 Å². The van der Waals surface area contributed by atoms with Gasteiger partial charge in [-0.25, -0.2) is 14.8 Å². The molecular formula is C29H31F3N6O3. The Morgan fingerprint density at radius 1 is 0.829 bits per heavy atom. The highest BCUT2D eigenvalue weighted by Gasteiger charge is 2.31. The molecule has 2 aliphatic heterocycles. The second kappa shape index (κ2) is 12.5. The lowest BCUT2D eigenvalue weighted by molar-refractivity contribution is -0.137. The fraction of sp³-hybridized carbons (Fsp3) is 0.379. The van der Waals surface area contributed by atoms with Crippen molar-refractivity contribution in [3.63, 3.8) is 0 Å². The zero-order chi connectivity index (χ0) is 28.8. The van der Waals surface area contributed by atoms with Gasteiger partial charge in [0, 0.05) is 50.6 Å². The number of hydrogen-bond donors (Lipinski definition) is 1. The number of hydrogen-bond acceptors (Lipinski definition) is 7. The molecule has 2 aromatic heterocycles. The summed E-state index contributed by atoms with van der Waals surface area (Å²) in [6.45, 7) is 4.52. The minimum absolute atomic E-state index is 0.0851. The molecular weight excluding hydrogens is 537 g/mol. The van der Waals surface area contributed by atoms with Gasteiger partial charge in [0.2, 0.25) is 5.88 Å². The molecule has 2 fully saturated rings. The summed E-state index contributed by atoms with van der Waals surface area (Å²) in [7, 11) is 0. The average Bonchev–Trinajstić information content (AvgIpc) is 2.99. The number of likely N-dealkylation sites (tertiary alicyclic amines) is 1. The van der Waals surface area contributed by atoms with Crippen molar-refractivity contribution in [2.45, 2.75) is 32.0 Å². The largest absolute Gasteiger partial charge is 0.417 e. The molecule has 9 nitrogen and oxygen atoms in total. The number of nitrogens with one attached hydrogen (secondary N) is 1. The lowest BCUT2D eigenvalue weighted by Gasteiger charge is -2.34. The lowest BCUT2D eigenvalue weighted by atomic mass is 10.1. The number of carbonyl (C=O) groups excluding carboxylic acids is 2. The second-order valence-electron chi connectivity index (χ2n) is 10.1. The number of pyridine rings is 2. The van der Waals surface area contributed by atoms with Crippen molar-refractivity contribution in [1.82, 2.24) is 19.8 Å². The van der Waals surface area contributed by atoms with Crippen molar-refractivity contribution in [2.24, 2.45) is 0 Å². The van der Waals surface area contributed by atoms with Crippen LogP contribution in [0.25, 0.3) is 0 Å². The zero-order valence-electron chi connectivity index (χ0n) is 22.4. The van der Waals surface area contributed by atoms with Crippen LogP contribution in [0.4, 0.5) is 29.5 Å². The third-order valence-corrected chi connectivity index (χ3v) is 7.19. The number of benzene rings is 1. The van der Waals surface area contributed by atoms with Crippen LogP contribution in [0.1, 0.15) is 40.7 Å². The summed E-state index contributed by atoms with van der Waals surface area (Å²) >= 11 is 0. The molecule has 3 aromatic rings. The number of aromatic nitrogens is 2. The summed E-state index contributed by atoms with van der Waals surface area (Å²) in [5.74, 6) is 0.238. The molecule has 41 heavy (non-hydrogen) atoms. The first kappa shape index (κ1) is 28.3. The van der Waals surface area contributed by atoms with E-state index in [1.165, 1.54) is 48.1 Å². The first-order chi connectivity index (χ1) is 19.7. The van der Waals surface area contributed by atoms with Crippen molar-refractivity contribution < 1.29 is 27.5 Å². The molecule has 12 heteroatoms. The maximum absolute atomic E-state index is 12.8. The SMILES string of the molecule is O=C(Nc1ccc(OC(=O)N2CCN(c3ccc(C(F)(F)F)cn3)CC2)nc1)c1ccc(CN2CCCCC2)cc1. The highest BCUT2D eigenvalue weighted by atomic mass is 19.4. The Hall–Kier alpha value is -4.19. The Kier molecular flexibility index (Phi) is 8.67. The van der Waals surface area contributed by atoms with Gasteiger partial charge in [0.1, 0.15) is 5.82 Å². The van der Waals surface area contributed by atoms with E-state index in [0.29, 0.717) is 43.2 Å². The summed E-state index contributed by atoms with van der Waals surface area (Å²) < 4.78 is 43.7. The van der Waals surface area contributed by atoms with E-state index in [1.807, 2.05) is 29.2 Å². The van der Waals surface area contributed by atoms with Crippen molar-refractivity contribution in [2.75, 3.05) is 49.5 Å². The number of piperidine rings is 1. The molecule has 4 heterocycles. The number of alkyl halides is 3. The molecule has 0 atom stereocenters. The summed E-state index contributed by atoms with van der Waals surface area (Å²) in [6.07, 6.45) is 0.955. The van der Waals surface area contributed by atoms with Gasteiger partial charge in [-0.05, 0) is 61.8 Å². The van der Waals surface area contributed by atoms with Crippen molar-refractivity contribution in [3.8, 4) is 5.88 Å². The Bertz CT molecular complexity index is 1320. The number of carbonyl (C=O) groups is 2. The van der Waals surface area contributed by atoms with E-state index >= 15 is 0 Å². The molecule has 2 saturated heterocycles. The molecule has 5 rings (SSSR count). The van der Waals surface area contributed by atoms with Gasteiger partial charge in [0.25, 0.3) is 5.91 Å². The van der Waals surface area contributed by atoms with Gasteiger partial charge in [-0.2, -0.15) is 13.2 Å². The van der Waals surface area contributed by atoms with Gasteiger partial charge in [0.05, 0.1) is 17.4 Å². The third-order valence-electron chi connectivity index (χ3n) is 7.19. The van der Waals surface area contributed by atoms with Crippen LogP contribution in [0.5, 0.6) is 5.88 Å². The summed E-state index contributed by atoms with van der Waals surface area (Å²) in [5.41, 5.74) is 1.37. The highest BCUT2D eigenvalue weighted by molar-refractivity contribution is 6.04. The first-order valence-electron chi connectivity index (χ1n) is 13.6. The Balaban J connectivity index is 1.07. The molecule has 216 valence electrons. The maximum Gasteiger partial charge on any atom is 0.417 e. The molecule has 2 amide bonds. The minimum atomic E-state index is -4.44. The molecule has 0 unspecified atom stereocenters. The quantitative estimate of drug-likeness (QED) is 0.445. The number of rotatable bonds is 6. The predicted molar refractivity (Wildman–Crippen MR) is 147 cm³/mol. The van der Waals surface area contributed by atoms with Crippen LogP contribution in [0.2, 0.25) is 0 Å². The van der Waals surface area contributed by atoms with Crippen LogP contribution in [0.15, 0.2) is 60.9 Å². The van der Waals surface area contributed by atoms with Crippen LogP contribution >= 0.6 is 0 Å². The van der Waals surface area contributed by atoms with Crippen LogP contribution in [-0.4, -0.2) is 71.0 Å². The number of halogens is 3. The van der Waals surface area contributed by atoms with Gasteiger partial charge in [-0.15, -0.1) is 0 Å². The molecule has 0 spiro atoms. The summed E-state index contributed by atoms with van der Waals surface area (Å²) in [4.78, 5) is 39.0. The van der Waals surface area contributed by atoms with Crippen LogP contribution in [0.3, 0.4) is 0 Å². The fourth-order valence-electron chi connectivity index (χ4n) is 4.87. The molecule has 0 saturated carbocycles. The van der Waals surface area contributed by atoms with Crippen LogP contribution in [-0.2, 0) is 12.7 Å². The smallest absolute Gasteiger partial charge is 0.391 e. The molecule has 0 radical (unpaired) electrons. The van der Waals surface area contributed by atoms with E-state index in [4.69, 9.17) is 4.74 Å². The molecule has 0 bridgehead atoms. The second-order valence-corrected chi connectivity index (χ2v) is 10.1. The van der Waals surface area contributed by atoms with E-state index in [2.05, 4.69) is 20.2 Å². The third kappa shape index (κ3) is 7.51. The van der Waals surface area contributed by atoms with Gasteiger partial charge in [-0.3, -0.25) is 9.69 Å². The predicted octanol–water partition coefficient (Wildman–Crippen LogP) is 5.05. The van der Waals surface area contributed by atoms with Crippen molar-refractivity contribution >= 4 is 23.5 Å². The molecule has 0 aliphatic carbocycles. The summed E-state index contributed by atoms with van der Waals surface area (Å²) in [5, 5.41) is 2.80. The molecule has 2 aliphatic rings. The molecule has 1 N–H and O–H groups in total. The van der Waals surface area contributed by atoms with Crippen molar-refractivity contribution in [1.29, 1.82) is 0 Å². The van der Waals surface area contributed by atoms with E-state index < -0.39 is 17.8 Å².